The molecule has 2 aromatic carbocycles. The van der Waals surface area contributed by atoms with E-state index in [0.29, 0.717) is 0 Å². The van der Waals surface area contributed by atoms with Crippen molar-refractivity contribution >= 4 is 10.8 Å². The predicted octanol–water partition coefficient (Wildman–Crippen LogP) is 4.28. The molecule has 1 atom stereocenters. The second-order valence-corrected chi connectivity index (χ2v) is 6.05. The molecule has 0 spiro atoms. The van der Waals surface area contributed by atoms with E-state index in [1.807, 2.05) is 0 Å². The molecule has 21 heavy (non-hydrogen) atoms. The molecule has 0 saturated heterocycles. The minimum absolute atomic E-state index is 0.203. The summed E-state index contributed by atoms with van der Waals surface area (Å²) < 4.78 is 2.39. The molecule has 0 amide bonds. The molecule has 2 N–H and O–H groups in total. The fraction of sp³-hybridized carbons (Fsp3) is 0.263. The average Bonchev–Trinajstić information content (AvgIpc) is 2.84. The first-order valence-electron chi connectivity index (χ1n) is 7.70. The van der Waals surface area contributed by atoms with Gasteiger partial charge in [-0.3, -0.25) is 0 Å². The summed E-state index contributed by atoms with van der Waals surface area (Å²) in [5.74, 6) is 0. The summed E-state index contributed by atoms with van der Waals surface area (Å²) in [4.78, 5) is 0. The van der Waals surface area contributed by atoms with E-state index in [1.165, 1.54) is 39.8 Å². The zero-order valence-electron chi connectivity index (χ0n) is 12.3. The predicted molar refractivity (Wildman–Crippen MR) is 87.9 cm³/mol. The van der Waals surface area contributed by atoms with E-state index >= 15 is 0 Å². The van der Waals surface area contributed by atoms with Crippen LogP contribution in [0.2, 0.25) is 0 Å². The molecule has 106 valence electrons. The summed E-state index contributed by atoms with van der Waals surface area (Å²) in [6.07, 6.45) is 3.42. The van der Waals surface area contributed by atoms with Gasteiger partial charge in [-0.2, -0.15) is 0 Å². The van der Waals surface area contributed by atoms with Gasteiger partial charge in [0.1, 0.15) is 0 Å². The van der Waals surface area contributed by atoms with Crippen LogP contribution in [-0.2, 0) is 6.42 Å². The molecule has 0 saturated carbocycles. The minimum Gasteiger partial charge on any atom is -0.324 e. The number of benzene rings is 2. The Morgan fingerprint density at radius 2 is 1.86 bits per heavy atom. The molecule has 1 heterocycles. The Hall–Kier alpha value is -2.06. The third-order valence-corrected chi connectivity index (χ3v) is 4.64. The maximum Gasteiger partial charge on any atom is 0.0461 e. The van der Waals surface area contributed by atoms with Gasteiger partial charge in [-0.1, -0.05) is 30.3 Å². The van der Waals surface area contributed by atoms with Crippen molar-refractivity contribution in [2.24, 2.45) is 5.73 Å². The highest BCUT2D eigenvalue weighted by Crippen LogP contribution is 2.33. The molecule has 4 rings (SSSR count). The van der Waals surface area contributed by atoms with Gasteiger partial charge in [0.25, 0.3) is 0 Å². The van der Waals surface area contributed by atoms with Gasteiger partial charge in [-0.25, -0.2) is 0 Å². The van der Waals surface area contributed by atoms with Gasteiger partial charge in [0.2, 0.25) is 0 Å². The first-order chi connectivity index (χ1) is 10.2. The lowest BCUT2D eigenvalue weighted by Crippen LogP contribution is -2.17. The van der Waals surface area contributed by atoms with Gasteiger partial charge in [-0.05, 0) is 60.7 Å². The lowest BCUT2D eigenvalue weighted by atomic mass is 9.93. The van der Waals surface area contributed by atoms with Crippen LogP contribution in [0.3, 0.4) is 0 Å². The normalized spacial score (nSPS) is 17.9. The highest BCUT2D eigenvalue weighted by molar-refractivity contribution is 5.84. The van der Waals surface area contributed by atoms with E-state index in [0.717, 1.165) is 12.8 Å². The van der Waals surface area contributed by atoms with Crippen LogP contribution in [0.25, 0.3) is 16.5 Å². The molecule has 1 unspecified atom stereocenters. The number of nitrogens with zero attached hydrogens (tertiary/aromatic N) is 1. The summed E-state index contributed by atoms with van der Waals surface area (Å²) in [7, 11) is 0. The quantitative estimate of drug-likeness (QED) is 0.707. The standard InChI is InChI=1S/C19H20N2/c1-13-11-17-18(20)7-4-8-19(17)21(13)16-10-9-14-5-2-3-6-15(14)12-16/h2-3,5-6,9-12,18H,4,7-8,20H2,1H3. The van der Waals surface area contributed by atoms with Crippen molar-refractivity contribution in [3.63, 3.8) is 0 Å². The van der Waals surface area contributed by atoms with Crippen molar-refractivity contribution in [2.75, 3.05) is 0 Å². The van der Waals surface area contributed by atoms with E-state index in [-0.39, 0.29) is 6.04 Å². The molecule has 2 nitrogen and oxygen atoms in total. The molecular formula is C19H20N2. The van der Waals surface area contributed by atoms with Crippen LogP contribution in [0, 0.1) is 6.92 Å². The van der Waals surface area contributed by atoms with Gasteiger partial charge >= 0.3 is 0 Å². The monoisotopic (exact) mass is 276 g/mol. The molecular weight excluding hydrogens is 256 g/mol. The third-order valence-electron chi connectivity index (χ3n) is 4.64. The average molecular weight is 276 g/mol. The van der Waals surface area contributed by atoms with Crippen molar-refractivity contribution in [1.82, 2.24) is 4.57 Å². The van der Waals surface area contributed by atoms with Crippen LogP contribution in [0.15, 0.2) is 48.5 Å². The van der Waals surface area contributed by atoms with Gasteiger partial charge in [0.05, 0.1) is 0 Å². The van der Waals surface area contributed by atoms with E-state index in [9.17, 15) is 0 Å². The van der Waals surface area contributed by atoms with E-state index < -0.39 is 0 Å². The van der Waals surface area contributed by atoms with Crippen LogP contribution in [-0.4, -0.2) is 4.57 Å². The molecule has 0 fully saturated rings. The lowest BCUT2D eigenvalue weighted by molar-refractivity contribution is 0.560. The Morgan fingerprint density at radius 3 is 2.71 bits per heavy atom. The molecule has 1 aliphatic carbocycles. The summed E-state index contributed by atoms with van der Waals surface area (Å²) in [6.45, 7) is 2.18. The molecule has 1 aliphatic rings. The van der Waals surface area contributed by atoms with Crippen molar-refractivity contribution in [3.05, 3.63) is 65.5 Å². The maximum atomic E-state index is 6.28. The number of aryl methyl sites for hydroxylation is 1. The first kappa shape index (κ1) is 12.7. The number of hydrogen-bond donors (Lipinski definition) is 1. The Bertz CT molecular complexity index is 814. The number of aromatic nitrogens is 1. The number of rotatable bonds is 1. The number of nitrogens with two attached hydrogens (primary N) is 1. The fourth-order valence-electron chi connectivity index (χ4n) is 3.61. The van der Waals surface area contributed by atoms with Crippen molar-refractivity contribution in [1.29, 1.82) is 0 Å². The lowest BCUT2D eigenvalue weighted by Gasteiger charge is -2.21. The van der Waals surface area contributed by atoms with Gasteiger partial charge in [0, 0.05) is 23.1 Å². The fourth-order valence-corrected chi connectivity index (χ4v) is 3.61. The molecule has 0 radical (unpaired) electrons. The van der Waals surface area contributed by atoms with Crippen molar-refractivity contribution in [3.8, 4) is 5.69 Å². The Balaban J connectivity index is 1.92. The second-order valence-electron chi connectivity index (χ2n) is 6.05. The van der Waals surface area contributed by atoms with E-state index in [4.69, 9.17) is 5.73 Å². The zero-order valence-corrected chi connectivity index (χ0v) is 12.3. The molecule has 3 aromatic rings. The third kappa shape index (κ3) is 1.98. The Labute approximate surface area is 125 Å². The zero-order chi connectivity index (χ0) is 14.4. The van der Waals surface area contributed by atoms with Gasteiger partial charge in [-0.15, -0.1) is 0 Å². The Morgan fingerprint density at radius 1 is 1.05 bits per heavy atom. The highest BCUT2D eigenvalue weighted by Gasteiger charge is 2.22. The summed E-state index contributed by atoms with van der Waals surface area (Å²) in [5, 5.41) is 2.58. The van der Waals surface area contributed by atoms with Crippen LogP contribution >= 0.6 is 0 Å². The largest absolute Gasteiger partial charge is 0.324 e. The highest BCUT2D eigenvalue weighted by atomic mass is 15.0. The smallest absolute Gasteiger partial charge is 0.0461 e. The van der Waals surface area contributed by atoms with Gasteiger partial charge in [0.15, 0.2) is 0 Å². The SMILES string of the molecule is Cc1cc2c(n1-c1ccc3ccccc3c1)CCCC2N. The van der Waals surface area contributed by atoms with Crippen molar-refractivity contribution in [2.45, 2.75) is 32.2 Å². The maximum absolute atomic E-state index is 6.28. The van der Waals surface area contributed by atoms with Crippen LogP contribution < -0.4 is 5.73 Å². The van der Waals surface area contributed by atoms with Crippen LogP contribution in [0.4, 0.5) is 0 Å². The number of fused-ring (bicyclic) bond motifs is 2. The first-order valence-corrected chi connectivity index (χ1v) is 7.70. The van der Waals surface area contributed by atoms with Gasteiger partial charge < -0.3 is 10.3 Å². The molecule has 1 aromatic heterocycles. The molecule has 2 heteroatoms. The minimum atomic E-state index is 0.203. The van der Waals surface area contributed by atoms with Crippen LogP contribution in [0.1, 0.15) is 35.8 Å². The summed E-state index contributed by atoms with van der Waals surface area (Å²) in [6, 6.07) is 17.7. The van der Waals surface area contributed by atoms with E-state index in [1.54, 1.807) is 0 Å². The van der Waals surface area contributed by atoms with Crippen LogP contribution in [0.5, 0.6) is 0 Å². The van der Waals surface area contributed by atoms with E-state index in [2.05, 4.69) is 60.0 Å². The summed E-state index contributed by atoms with van der Waals surface area (Å²) >= 11 is 0. The van der Waals surface area contributed by atoms with Crippen molar-refractivity contribution < 1.29 is 0 Å². The Kier molecular flexibility index (Phi) is 2.86. The number of hydrogen-bond acceptors (Lipinski definition) is 1. The summed E-state index contributed by atoms with van der Waals surface area (Å²) in [5.41, 5.74) is 11.6. The topological polar surface area (TPSA) is 30.9 Å². The second kappa shape index (κ2) is 4.74. The molecule has 0 bridgehead atoms. The molecule has 0 aliphatic heterocycles.